The highest BCUT2D eigenvalue weighted by atomic mass is 35.5. The summed E-state index contributed by atoms with van der Waals surface area (Å²) in [6.45, 7) is 0.399. The van der Waals surface area contributed by atoms with Crippen molar-refractivity contribution in [3.63, 3.8) is 0 Å². The second-order valence-corrected chi connectivity index (χ2v) is 8.54. The molecule has 8 heteroatoms. The van der Waals surface area contributed by atoms with E-state index < -0.39 is 12.1 Å². The minimum Gasteiger partial charge on any atom is -0.478 e. The first-order chi connectivity index (χ1) is 14.9. The number of aromatic carboxylic acids is 1. The fraction of sp³-hybridized carbons (Fsp3) is 0.250. The first kappa shape index (κ1) is 24.5. The van der Waals surface area contributed by atoms with E-state index >= 15 is 0 Å². The molecule has 1 aliphatic carbocycles. The molecule has 4 rings (SSSR count). The maximum atomic E-state index is 11.1. The summed E-state index contributed by atoms with van der Waals surface area (Å²) in [6, 6.07) is 15.2. The Bertz CT molecular complexity index is 1110. The number of aromatic nitrogens is 1. The van der Waals surface area contributed by atoms with Crippen molar-refractivity contribution in [1.29, 1.82) is 0 Å². The number of pyridine rings is 1. The lowest BCUT2D eigenvalue weighted by Gasteiger charge is -2.27. The van der Waals surface area contributed by atoms with E-state index in [0.29, 0.717) is 17.1 Å². The van der Waals surface area contributed by atoms with Gasteiger partial charge in [-0.2, -0.15) is 0 Å². The van der Waals surface area contributed by atoms with E-state index in [-0.39, 0.29) is 29.2 Å². The number of hydrogen-bond acceptors (Lipinski definition) is 4. The second kappa shape index (κ2) is 10.6. The van der Waals surface area contributed by atoms with Crippen LogP contribution in [0.3, 0.4) is 0 Å². The zero-order chi connectivity index (χ0) is 22.0. The Balaban J connectivity index is 0.00000289. The number of carboxylic acid groups (broad SMARTS) is 1. The summed E-state index contributed by atoms with van der Waals surface area (Å²) >= 11 is 11.8. The Hall–Kier alpha value is -2.15. The van der Waals surface area contributed by atoms with Gasteiger partial charge in [0.15, 0.2) is 0 Å². The van der Waals surface area contributed by atoms with Crippen LogP contribution in [-0.4, -0.2) is 33.8 Å². The molecule has 1 aromatic heterocycles. The van der Waals surface area contributed by atoms with Crippen molar-refractivity contribution in [2.24, 2.45) is 0 Å². The van der Waals surface area contributed by atoms with Crippen molar-refractivity contribution in [1.82, 2.24) is 10.3 Å². The zero-order valence-corrected chi connectivity index (χ0v) is 19.4. The molecule has 0 unspecified atom stereocenters. The number of hydrogen-bond donors (Lipinski definition) is 3. The van der Waals surface area contributed by atoms with Crippen LogP contribution in [0.4, 0.5) is 0 Å². The van der Waals surface area contributed by atoms with Gasteiger partial charge in [-0.15, -0.1) is 12.4 Å². The number of aliphatic hydroxyl groups is 1. The number of carboxylic acids is 1. The van der Waals surface area contributed by atoms with Crippen molar-refractivity contribution in [3.05, 3.63) is 87.2 Å². The second-order valence-electron chi connectivity index (χ2n) is 7.77. The quantitative estimate of drug-likeness (QED) is 0.403. The molecule has 5 nitrogen and oxygen atoms in total. The Labute approximate surface area is 202 Å². The molecule has 168 valence electrons. The standard InChI is InChI=1S/C24H22Cl2N2O3.ClH/c25-21-11-19(12-28-23(21)26)22(29)13-27-20-8-7-15-3-6-17(9-18(15)10-20)14-1-4-16(5-2-14)24(30)31;/h1-6,9,11-12,20,22,27,29H,7-8,10,13H2,(H,30,31);1H/t20-,22-;/m0./s1. The van der Waals surface area contributed by atoms with E-state index in [1.807, 2.05) is 12.1 Å². The largest absolute Gasteiger partial charge is 0.478 e. The summed E-state index contributed by atoms with van der Waals surface area (Å²) in [4.78, 5) is 15.1. The van der Waals surface area contributed by atoms with Crippen LogP contribution in [0.5, 0.6) is 0 Å². The molecule has 2 aromatic carbocycles. The Morgan fingerprint density at radius 1 is 1.09 bits per heavy atom. The van der Waals surface area contributed by atoms with Gasteiger partial charge >= 0.3 is 5.97 Å². The molecule has 1 heterocycles. The Kier molecular flexibility index (Phi) is 8.15. The fourth-order valence-corrected chi connectivity index (χ4v) is 4.21. The van der Waals surface area contributed by atoms with Gasteiger partial charge in [-0.25, -0.2) is 9.78 Å². The zero-order valence-electron chi connectivity index (χ0n) is 17.1. The van der Waals surface area contributed by atoms with E-state index in [1.165, 1.54) is 11.1 Å². The molecule has 32 heavy (non-hydrogen) atoms. The molecule has 3 aromatic rings. The van der Waals surface area contributed by atoms with Crippen LogP contribution in [0, 0.1) is 0 Å². The monoisotopic (exact) mass is 492 g/mol. The lowest BCUT2D eigenvalue weighted by molar-refractivity contribution is 0.0697. The molecule has 1 aliphatic rings. The number of nitrogens with one attached hydrogen (secondary N) is 1. The summed E-state index contributed by atoms with van der Waals surface area (Å²) < 4.78 is 0. The van der Waals surface area contributed by atoms with Crippen LogP contribution >= 0.6 is 35.6 Å². The minimum absolute atomic E-state index is 0. The maximum Gasteiger partial charge on any atom is 0.335 e. The summed E-state index contributed by atoms with van der Waals surface area (Å²) in [5.74, 6) is -0.926. The third-order valence-corrected chi connectivity index (χ3v) is 6.39. The summed E-state index contributed by atoms with van der Waals surface area (Å²) in [5, 5.41) is 23.6. The number of carbonyl (C=O) groups is 1. The molecule has 0 saturated carbocycles. The van der Waals surface area contributed by atoms with Crippen LogP contribution in [0.15, 0.2) is 54.7 Å². The van der Waals surface area contributed by atoms with E-state index in [4.69, 9.17) is 28.3 Å². The lowest BCUT2D eigenvalue weighted by Crippen LogP contribution is -2.37. The van der Waals surface area contributed by atoms with E-state index in [0.717, 1.165) is 30.4 Å². The third-order valence-electron chi connectivity index (χ3n) is 5.70. The van der Waals surface area contributed by atoms with Crippen LogP contribution < -0.4 is 5.32 Å². The molecule has 0 fully saturated rings. The first-order valence-electron chi connectivity index (χ1n) is 10.1. The molecule has 0 aliphatic heterocycles. The van der Waals surface area contributed by atoms with Gasteiger partial charge in [-0.1, -0.05) is 53.5 Å². The topological polar surface area (TPSA) is 82.5 Å². The maximum absolute atomic E-state index is 11.1. The lowest BCUT2D eigenvalue weighted by atomic mass is 9.86. The van der Waals surface area contributed by atoms with Crippen molar-refractivity contribution in [2.75, 3.05) is 6.54 Å². The minimum atomic E-state index is -0.926. The van der Waals surface area contributed by atoms with E-state index in [2.05, 4.69) is 28.5 Å². The number of aliphatic hydroxyl groups excluding tert-OH is 1. The van der Waals surface area contributed by atoms with Crippen molar-refractivity contribution in [3.8, 4) is 11.1 Å². The van der Waals surface area contributed by atoms with E-state index in [1.54, 1.807) is 24.4 Å². The van der Waals surface area contributed by atoms with Crippen molar-refractivity contribution < 1.29 is 15.0 Å². The normalized spacial score (nSPS) is 16.0. The average molecular weight is 494 g/mol. The summed E-state index contributed by atoms with van der Waals surface area (Å²) in [5.41, 5.74) is 5.57. The highest BCUT2D eigenvalue weighted by molar-refractivity contribution is 6.41. The molecule has 0 spiro atoms. The number of rotatable bonds is 6. The Morgan fingerprint density at radius 2 is 1.81 bits per heavy atom. The number of fused-ring (bicyclic) bond motifs is 1. The van der Waals surface area contributed by atoms with Gasteiger partial charge in [0.05, 0.1) is 16.7 Å². The number of aryl methyl sites for hydroxylation is 1. The van der Waals surface area contributed by atoms with Crippen LogP contribution in [0.2, 0.25) is 10.2 Å². The molecule has 0 radical (unpaired) electrons. The van der Waals surface area contributed by atoms with Gasteiger partial charge in [0.2, 0.25) is 0 Å². The van der Waals surface area contributed by atoms with Gasteiger partial charge in [-0.05, 0) is 59.7 Å². The van der Waals surface area contributed by atoms with Gasteiger partial charge in [-0.3, -0.25) is 0 Å². The first-order valence-corrected chi connectivity index (χ1v) is 10.8. The molecule has 0 amide bonds. The highest BCUT2D eigenvalue weighted by Gasteiger charge is 2.20. The third kappa shape index (κ3) is 5.61. The Morgan fingerprint density at radius 3 is 2.50 bits per heavy atom. The molecular weight excluding hydrogens is 471 g/mol. The average Bonchev–Trinajstić information content (AvgIpc) is 2.78. The van der Waals surface area contributed by atoms with Crippen LogP contribution in [0.1, 0.15) is 39.6 Å². The number of nitrogens with zero attached hydrogens (tertiary/aromatic N) is 1. The SMILES string of the molecule is Cl.O=C(O)c1ccc(-c2ccc3c(c2)C[C@@H](NC[C@H](O)c2cnc(Cl)c(Cl)c2)CC3)cc1. The molecule has 0 bridgehead atoms. The fourth-order valence-electron chi connectivity index (χ4n) is 3.93. The van der Waals surface area contributed by atoms with Crippen LogP contribution in [0.25, 0.3) is 11.1 Å². The molecule has 2 atom stereocenters. The van der Waals surface area contributed by atoms with E-state index in [9.17, 15) is 9.90 Å². The predicted molar refractivity (Wildman–Crippen MR) is 129 cm³/mol. The molecule has 3 N–H and O–H groups in total. The van der Waals surface area contributed by atoms with Crippen LogP contribution in [-0.2, 0) is 12.8 Å². The number of benzene rings is 2. The summed E-state index contributed by atoms with van der Waals surface area (Å²) in [6.07, 6.45) is 3.64. The highest BCUT2D eigenvalue weighted by Crippen LogP contribution is 2.28. The smallest absolute Gasteiger partial charge is 0.335 e. The van der Waals surface area contributed by atoms with Gasteiger partial charge in [0.1, 0.15) is 5.15 Å². The van der Waals surface area contributed by atoms with Gasteiger partial charge in [0.25, 0.3) is 0 Å². The van der Waals surface area contributed by atoms with Crippen molar-refractivity contribution in [2.45, 2.75) is 31.4 Å². The predicted octanol–water partition coefficient (Wildman–Crippen LogP) is 5.36. The van der Waals surface area contributed by atoms with Crippen molar-refractivity contribution >= 4 is 41.6 Å². The molecular formula is C24H23Cl3N2O3. The van der Waals surface area contributed by atoms with Gasteiger partial charge < -0.3 is 15.5 Å². The van der Waals surface area contributed by atoms with Gasteiger partial charge in [0, 0.05) is 24.3 Å². The molecule has 0 saturated heterocycles. The number of halogens is 3. The summed E-state index contributed by atoms with van der Waals surface area (Å²) in [7, 11) is 0.